The summed E-state index contributed by atoms with van der Waals surface area (Å²) in [5.41, 5.74) is 4.39. The molecule has 4 aromatic rings. The molecule has 7 heteroatoms. The summed E-state index contributed by atoms with van der Waals surface area (Å²) in [5.74, 6) is 0.702. The van der Waals surface area contributed by atoms with Crippen LogP contribution in [0.4, 0.5) is 5.69 Å². The Morgan fingerprint density at radius 3 is 2.62 bits per heavy atom. The largest absolute Gasteiger partial charge is 0.320 e. The zero-order chi connectivity index (χ0) is 22.7. The van der Waals surface area contributed by atoms with Gasteiger partial charge in [0, 0.05) is 11.4 Å². The second-order valence-electron chi connectivity index (χ2n) is 7.75. The van der Waals surface area contributed by atoms with Gasteiger partial charge in [0.05, 0.1) is 28.5 Å². The van der Waals surface area contributed by atoms with E-state index in [1.807, 2.05) is 37.3 Å². The lowest BCUT2D eigenvalue weighted by Gasteiger charge is -2.11. The zero-order valence-electron chi connectivity index (χ0n) is 18.0. The van der Waals surface area contributed by atoms with Gasteiger partial charge in [0.1, 0.15) is 11.3 Å². The van der Waals surface area contributed by atoms with E-state index in [-0.39, 0.29) is 5.91 Å². The van der Waals surface area contributed by atoms with Crippen LogP contribution in [0.3, 0.4) is 0 Å². The van der Waals surface area contributed by atoms with Crippen molar-refractivity contribution in [3.8, 4) is 0 Å². The van der Waals surface area contributed by atoms with Crippen LogP contribution in [-0.2, 0) is 13.0 Å². The van der Waals surface area contributed by atoms with Crippen LogP contribution in [-0.4, -0.2) is 20.4 Å². The number of aromatic nitrogens is 3. The Morgan fingerprint density at radius 1 is 1.06 bits per heavy atom. The summed E-state index contributed by atoms with van der Waals surface area (Å²) in [5, 5.41) is 4.05. The van der Waals surface area contributed by atoms with Crippen molar-refractivity contribution in [2.45, 2.75) is 39.7 Å². The fourth-order valence-electron chi connectivity index (χ4n) is 3.66. The first-order valence-corrected chi connectivity index (χ1v) is 11.4. The number of carbonyl (C=O) groups is 1. The molecule has 0 aliphatic rings. The number of hydrogen-bond donors (Lipinski definition) is 1. The van der Waals surface area contributed by atoms with Crippen LogP contribution in [0.1, 0.15) is 47.2 Å². The molecule has 5 nitrogen and oxygen atoms in total. The first kappa shape index (κ1) is 22.3. The maximum Gasteiger partial charge on any atom is 0.257 e. The van der Waals surface area contributed by atoms with Crippen molar-refractivity contribution in [2.75, 3.05) is 5.32 Å². The van der Waals surface area contributed by atoms with E-state index in [0.29, 0.717) is 33.5 Å². The van der Waals surface area contributed by atoms with Gasteiger partial charge in [-0.2, -0.15) is 0 Å². The fourth-order valence-corrected chi connectivity index (χ4v) is 4.09. The van der Waals surface area contributed by atoms with Gasteiger partial charge in [0.25, 0.3) is 5.91 Å². The monoisotopic (exact) mass is 466 g/mol. The standard InChI is InChI=1S/C25H24Cl2N4O/c1-3-4-12-23-29-22-14-21(30-25(32)19-10-5-6-11-20(19)27)16(2)28-24(22)31(23)15-17-8-7-9-18(26)13-17/h5-11,13-14H,3-4,12,15H2,1-2H3,(H,30,32). The van der Waals surface area contributed by atoms with Crippen molar-refractivity contribution in [1.82, 2.24) is 14.5 Å². The highest BCUT2D eigenvalue weighted by atomic mass is 35.5. The predicted octanol–water partition coefficient (Wildman–Crippen LogP) is 6.69. The molecule has 0 atom stereocenters. The topological polar surface area (TPSA) is 59.8 Å². The minimum Gasteiger partial charge on any atom is -0.320 e. The van der Waals surface area contributed by atoms with E-state index in [9.17, 15) is 4.79 Å². The number of benzene rings is 2. The van der Waals surface area contributed by atoms with E-state index >= 15 is 0 Å². The van der Waals surface area contributed by atoms with E-state index < -0.39 is 0 Å². The number of unbranched alkanes of at least 4 members (excludes halogenated alkanes) is 1. The third kappa shape index (κ3) is 4.79. The molecule has 0 saturated carbocycles. The molecule has 0 spiro atoms. The minimum absolute atomic E-state index is 0.274. The van der Waals surface area contributed by atoms with Gasteiger partial charge in [-0.15, -0.1) is 0 Å². The summed E-state index contributed by atoms with van der Waals surface area (Å²) in [7, 11) is 0. The zero-order valence-corrected chi connectivity index (χ0v) is 19.5. The maximum atomic E-state index is 12.7. The molecule has 0 saturated heterocycles. The summed E-state index contributed by atoms with van der Waals surface area (Å²) in [6.07, 6.45) is 2.97. The molecule has 2 aromatic carbocycles. The van der Waals surface area contributed by atoms with E-state index in [0.717, 1.165) is 41.8 Å². The number of carbonyl (C=O) groups excluding carboxylic acids is 1. The highest BCUT2D eigenvalue weighted by Gasteiger charge is 2.17. The third-order valence-electron chi connectivity index (χ3n) is 5.34. The lowest BCUT2D eigenvalue weighted by Crippen LogP contribution is -2.14. The molecule has 0 aliphatic heterocycles. The van der Waals surface area contributed by atoms with Crippen molar-refractivity contribution in [2.24, 2.45) is 0 Å². The fraction of sp³-hybridized carbons (Fsp3) is 0.240. The van der Waals surface area contributed by atoms with Crippen molar-refractivity contribution in [3.63, 3.8) is 0 Å². The highest BCUT2D eigenvalue weighted by Crippen LogP contribution is 2.25. The summed E-state index contributed by atoms with van der Waals surface area (Å²) in [6.45, 7) is 4.67. The third-order valence-corrected chi connectivity index (χ3v) is 5.91. The van der Waals surface area contributed by atoms with Gasteiger partial charge in [0.15, 0.2) is 5.65 Å². The van der Waals surface area contributed by atoms with Gasteiger partial charge in [-0.05, 0) is 49.2 Å². The van der Waals surface area contributed by atoms with Gasteiger partial charge in [-0.1, -0.05) is 60.8 Å². The van der Waals surface area contributed by atoms with Gasteiger partial charge in [-0.3, -0.25) is 4.79 Å². The second kappa shape index (κ2) is 9.72. The molecule has 1 amide bonds. The number of pyridine rings is 1. The molecular formula is C25H24Cl2N4O. The van der Waals surface area contributed by atoms with E-state index in [1.54, 1.807) is 24.3 Å². The lowest BCUT2D eigenvalue weighted by molar-refractivity contribution is 0.102. The van der Waals surface area contributed by atoms with E-state index in [2.05, 4.69) is 16.8 Å². The summed E-state index contributed by atoms with van der Waals surface area (Å²) >= 11 is 12.4. The predicted molar refractivity (Wildman–Crippen MR) is 131 cm³/mol. The van der Waals surface area contributed by atoms with Gasteiger partial charge < -0.3 is 9.88 Å². The molecule has 0 aliphatic carbocycles. The number of hydrogen-bond acceptors (Lipinski definition) is 3. The Balaban J connectivity index is 1.71. The van der Waals surface area contributed by atoms with Crippen LogP contribution in [0.15, 0.2) is 54.6 Å². The van der Waals surface area contributed by atoms with Crippen molar-refractivity contribution in [1.29, 1.82) is 0 Å². The number of aryl methyl sites for hydroxylation is 2. The molecule has 1 N–H and O–H groups in total. The molecule has 0 unspecified atom stereocenters. The number of amides is 1. The van der Waals surface area contributed by atoms with E-state index in [1.165, 1.54) is 0 Å². The number of halogens is 2. The minimum atomic E-state index is -0.274. The molecule has 4 rings (SSSR count). The highest BCUT2D eigenvalue weighted by molar-refractivity contribution is 6.34. The second-order valence-corrected chi connectivity index (χ2v) is 8.59. The molecule has 0 bridgehead atoms. The van der Waals surface area contributed by atoms with Gasteiger partial charge in [0.2, 0.25) is 0 Å². The summed E-state index contributed by atoms with van der Waals surface area (Å²) < 4.78 is 2.14. The molecule has 2 aromatic heterocycles. The molecular weight excluding hydrogens is 443 g/mol. The van der Waals surface area contributed by atoms with Crippen LogP contribution in [0, 0.1) is 6.92 Å². The Labute approximate surface area is 197 Å². The Kier molecular flexibility index (Phi) is 6.77. The van der Waals surface area contributed by atoms with Crippen LogP contribution in [0.5, 0.6) is 0 Å². The molecule has 0 radical (unpaired) electrons. The van der Waals surface area contributed by atoms with Gasteiger partial charge >= 0.3 is 0 Å². The van der Waals surface area contributed by atoms with Crippen molar-refractivity contribution < 1.29 is 4.79 Å². The average molecular weight is 467 g/mol. The van der Waals surface area contributed by atoms with Crippen LogP contribution < -0.4 is 5.32 Å². The number of anilines is 1. The first-order valence-electron chi connectivity index (χ1n) is 10.6. The van der Waals surface area contributed by atoms with Crippen LogP contribution in [0.2, 0.25) is 10.0 Å². The normalized spacial score (nSPS) is 11.1. The molecule has 164 valence electrons. The average Bonchev–Trinajstić information content (AvgIpc) is 3.09. The Morgan fingerprint density at radius 2 is 1.88 bits per heavy atom. The van der Waals surface area contributed by atoms with Crippen molar-refractivity contribution in [3.05, 3.63) is 87.3 Å². The van der Waals surface area contributed by atoms with Crippen LogP contribution >= 0.6 is 23.2 Å². The first-order chi connectivity index (χ1) is 15.5. The summed E-state index contributed by atoms with van der Waals surface area (Å²) in [6, 6.07) is 16.7. The van der Waals surface area contributed by atoms with Crippen molar-refractivity contribution >= 4 is 46.0 Å². The SMILES string of the molecule is CCCCc1nc2cc(NC(=O)c3ccccc3Cl)c(C)nc2n1Cc1cccc(Cl)c1. The molecule has 32 heavy (non-hydrogen) atoms. The number of imidazole rings is 1. The number of nitrogens with one attached hydrogen (secondary N) is 1. The maximum absolute atomic E-state index is 12.7. The Hall–Kier alpha value is -2.89. The summed E-state index contributed by atoms with van der Waals surface area (Å²) in [4.78, 5) is 22.4. The Bertz CT molecular complexity index is 1280. The molecule has 2 heterocycles. The number of nitrogens with zero attached hydrogens (tertiary/aromatic N) is 3. The number of fused-ring (bicyclic) bond motifs is 1. The molecule has 0 fully saturated rings. The van der Waals surface area contributed by atoms with Gasteiger partial charge in [-0.25, -0.2) is 9.97 Å². The lowest BCUT2D eigenvalue weighted by atomic mass is 10.2. The van der Waals surface area contributed by atoms with E-state index in [4.69, 9.17) is 33.2 Å². The quantitative estimate of drug-likeness (QED) is 0.329. The van der Waals surface area contributed by atoms with Crippen LogP contribution in [0.25, 0.3) is 11.2 Å². The smallest absolute Gasteiger partial charge is 0.257 e. The number of rotatable bonds is 7.